The first-order valence-corrected chi connectivity index (χ1v) is 13.7. The van der Waals surface area contributed by atoms with Crippen molar-refractivity contribution in [2.24, 2.45) is 11.1 Å². The lowest BCUT2D eigenvalue weighted by Gasteiger charge is -2.12. The molecule has 1 aromatic heterocycles. The summed E-state index contributed by atoms with van der Waals surface area (Å²) in [6.07, 6.45) is 6.63. The predicted octanol–water partition coefficient (Wildman–Crippen LogP) is 6.54. The number of benzene rings is 3. The molecule has 0 aliphatic heterocycles. The molecule has 4 aromatic rings. The molecule has 1 heterocycles. The molecule has 40 heavy (non-hydrogen) atoms. The second-order valence-corrected chi connectivity index (χ2v) is 9.86. The Morgan fingerprint density at radius 3 is 2.40 bits per heavy atom. The van der Waals surface area contributed by atoms with Crippen LogP contribution in [-0.2, 0) is 33.8 Å². The third-order valence-electron chi connectivity index (χ3n) is 6.48. The Morgan fingerprint density at radius 1 is 0.950 bits per heavy atom. The van der Waals surface area contributed by atoms with Crippen LogP contribution in [-0.4, -0.2) is 35.2 Å². The van der Waals surface area contributed by atoms with E-state index in [0.717, 1.165) is 34.5 Å². The van der Waals surface area contributed by atoms with E-state index >= 15 is 0 Å². The molecule has 7 heteroatoms. The van der Waals surface area contributed by atoms with E-state index in [1.807, 2.05) is 71.7 Å². The van der Waals surface area contributed by atoms with Gasteiger partial charge in [0, 0.05) is 12.6 Å². The maximum absolute atomic E-state index is 12.5. The molecule has 0 amide bonds. The molecule has 1 unspecified atom stereocenters. The molecule has 1 atom stereocenters. The van der Waals surface area contributed by atoms with Crippen molar-refractivity contribution < 1.29 is 19.1 Å². The molecule has 0 fully saturated rings. The van der Waals surface area contributed by atoms with Crippen LogP contribution in [0.1, 0.15) is 48.9 Å². The Morgan fingerprint density at radius 2 is 1.70 bits per heavy atom. The normalized spacial score (nSPS) is 12.0. The molecule has 0 saturated carbocycles. The Kier molecular flexibility index (Phi) is 10.5. The summed E-state index contributed by atoms with van der Waals surface area (Å²) in [4.78, 5) is 17.9. The van der Waals surface area contributed by atoms with Gasteiger partial charge in [-0.3, -0.25) is 4.79 Å². The second-order valence-electron chi connectivity index (χ2n) is 9.86. The fourth-order valence-corrected chi connectivity index (χ4v) is 4.15. The molecule has 0 aliphatic carbocycles. The first-order valence-electron chi connectivity index (χ1n) is 13.7. The van der Waals surface area contributed by atoms with Gasteiger partial charge in [0.05, 0.1) is 37.2 Å². The minimum atomic E-state index is -0.541. The topological polar surface area (TPSA) is 74.9 Å². The molecule has 208 valence electrons. The van der Waals surface area contributed by atoms with Crippen molar-refractivity contribution in [3.05, 3.63) is 114 Å². The fraction of sp³-hybridized carbons (Fsp3) is 0.303. The standard InChI is InChI=1S/C33H37N3O4/c1-4-38-33(37)30(22-35-40-24-27-8-6-5-7-9-27)20-26-10-16-32(17-11-26)39-19-18-28-21-34-36(23-28)31-14-12-29(13-15-31)25(2)3/h5-17,21-23,25,30H,4,18-20,24H2,1-3H3. The van der Waals surface area contributed by atoms with Gasteiger partial charge in [-0.25, -0.2) is 4.68 Å². The van der Waals surface area contributed by atoms with E-state index in [-0.39, 0.29) is 5.97 Å². The fourth-order valence-electron chi connectivity index (χ4n) is 4.15. The summed E-state index contributed by atoms with van der Waals surface area (Å²) < 4.78 is 13.1. The van der Waals surface area contributed by atoms with Gasteiger partial charge in [-0.2, -0.15) is 5.10 Å². The predicted molar refractivity (Wildman–Crippen MR) is 157 cm³/mol. The SMILES string of the molecule is CCOC(=O)C(C=NOCc1ccccc1)Cc1ccc(OCCc2cnn(-c3ccc(C(C)C)cc3)c2)cc1. The number of hydrogen-bond donors (Lipinski definition) is 0. The quantitative estimate of drug-likeness (QED) is 0.103. The van der Waals surface area contributed by atoms with Gasteiger partial charge in [0.1, 0.15) is 12.4 Å². The Labute approximate surface area is 236 Å². The third-order valence-corrected chi connectivity index (χ3v) is 6.48. The van der Waals surface area contributed by atoms with Crippen molar-refractivity contribution in [1.82, 2.24) is 9.78 Å². The molecule has 0 radical (unpaired) electrons. The highest BCUT2D eigenvalue weighted by atomic mass is 16.6. The highest BCUT2D eigenvalue weighted by Gasteiger charge is 2.19. The van der Waals surface area contributed by atoms with Crippen molar-refractivity contribution in [1.29, 1.82) is 0 Å². The van der Waals surface area contributed by atoms with E-state index in [4.69, 9.17) is 14.3 Å². The highest BCUT2D eigenvalue weighted by Crippen LogP contribution is 2.18. The zero-order chi connectivity index (χ0) is 28.2. The average Bonchev–Trinajstić information content (AvgIpc) is 3.45. The Hall–Kier alpha value is -4.39. The van der Waals surface area contributed by atoms with Gasteiger partial charge in [-0.1, -0.05) is 73.6 Å². The summed E-state index contributed by atoms with van der Waals surface area (Å²) in [5.74, 6) is 0.408. The van der Waals surface area contributed by atoms with Gasteiger partial charge in [0.15, 0.2) is 0 Å². The van der Waals surface area contributed by atoms with Crippen LogP contribution in [0.3, 0.4) is 0 Å². The van der Waals surface area contributed by atoms with Crippen molar-refractivity contribution >= 4 is 12.2 Å². The zero-order valence-corrected chi connectivity index (χ0v) is 23.4. The number of carbonyl (C=O) groups excluding carboxylic acids is 1. The number of esters is 1. The summed E-state index contributed by atoms with van der Waals surface area (Å²) in [6, 6.07) is 26.0. The van der Waals surface area contributed by atoms with E-state index < -0.39 is 5.92 Å². The lowest BCUT2D eigenvalue weighted by molar-refractivity contribution is -0.145. The maximum atomic E-state index is 12.5. The monoisotopic (exact) mass is 539 g/mol. The van der Waals surface area contributed by atoms with Crippen LogP contribution >= 0.6 is 0 Å². The second kappa shape index (κ2) is 14.7. The van der Waals surface area contributed by atoms with Crippen molar-refractivity contribution in [2.75, 3.05) is 13.2 Å². The van der Waals surface area contributed by atoms with Gasteiger partial charge in [0.25, 0.3) is 0 Å². The van der Waals surface area contributed by atoms with Crippen LogP contribution in [0, 0.1) is 5.92 Å². The summed E-state index contributed by atoms with van der Waals surface area (Å²) >= 11 is 0. The molecular formula is C33H37N3O4. The van der Waals surface area contributed by atoms with Gasteiger partial charge >= 0.3 is 5.97 Å². The van der Waals surface area contributed by atoms with Gasteiger partial charge in [0.2, 0.25) is 0 Å². The lowest BCUT2D eigenvalue weighted by atomic mass is 10.0. The Bertz CT molecular complexity index is 1350. The van der Waals surface area contributed by atoms with E-state index in [1.165, 1.54) is 11.8 Å². The first-order chi connectivity index (χ1) is 19.5. The summed E-state index contributed by atoms with van der Waals surface area (Å²) in [5.41, 5.74) is 5.45. The minimum Gasteiger partial charge on any atom is -0.493 e. The van der Waals surface area contributed by atoms with Crippen molar-refractivity contribution in [2.45, 2.75) is 46.1 Å². The van der Waals surface area contributed by atoms with Crippen LogP contribution in [0.2, 0.25) is 0 Å². The number of ether oxygens (including phenoxy) is 2. The lowest BCUT2D eigenvalue weighted by Crippen LogP contribution is -2.21. The zero-order valence-electron chi connectivity index (χ0n) is 23.4. The summed E-state index contributed by atoms with van der Waals surface area (Å²) in [6.45, 7) is 7.35. The minimum absolute atomic E-state index is 0.310. The largest absolute Gasteiger partial charge is 0.493 e. The van der Waals surface area contributed by atoms with E-state index in [0.29, 0.717) is 32.2 Å². The maximum Gasteiger partial charge on any atom is 0.314 e. The van der Waals surface area contributed by atoms with E-state index in [2.05, 4.69) is 48.4 Å². The van der Waals surface area contributed by atoms with E-state index in [1.54, 1.807) is 6.92 Å². The van der Waals surface area contributed by atoms with Crippen LogP contribution < -0.4 is 4.74 Å². The number of rotatable bonds is 14. The number of aromatic nitrogens is 2. The number of carbonyl (C=O) groups is 1. The molecule has 0 bridgehead atoms. The van der Waals surface area contributed by atoms with Crippen molar-refractivity contribution in [3.8, 4) is 11.4 Å². The number of oxime groups is 1. The van der Waals surface area contributed by atoms with E-state index in [9.17, 15) is 4.79 Å². The number of hydrogen-bond acceptors (Lipinski definition) is 6. The van der Waals surface area contributed by atoms with Crippen LogP contribution in [0.4, 0.5) is 0 Å². The van der Waals surface area contributed by atoms with Gasteiger partial charge in [-0.05, 0) is 65.8 Å². The van der Waals surface area contributed by atoms with Gasteiger partial charge < -0.3 is 14.3 Å². The molecule has 3 aromatic carbocycles. The third kappa shape index (κ3) is 8.56. The molecule has 0 saturated heterocycles. The summed E-state index contributed by atoms with van der Waals surface area (Å²) in [7, 11) is 0. The summed E-state index contributed by atoms with van der Waals surface area (Å²) in [5, 5.41) is 8.53. The average molecular weight is 540 g/mol. The molecule has 0 N–H and O–H groups in total. The number of nitrogens with zero attached hydrogens (tertiary/aromatic N) is 3. The molecular weight excluding hydrogens is 502 g/mol. The van der Waals surface area contributed by atoms with Crippen LogP contribution in [0.15, 0.2) is 96.4 Å². The molecule has 7 nitrogen and oxygen atoms in total. The van der Waals surface area contributed by atoms with Crippen LogP contribution in [0.25, 0.3) is 5.69 Å². The van der Waals surface area contributed by atoms with Crippen LogP contribution in [0.5, 0.6) is 5.75 Å². The molecule has 0 aliphatic rings. The van der Waals surface area contributed by atoms with Gasteiger partial charge in [-0.15, -0.1) is 0 Å². The molecule has 4 rings (SSSR count). The first kappa shape index (κ1) is 28.6. The smallest absolute Gasteiger partial charge is 0.314 e. The highest BCUT2D eigenvalue weighted by molar-refractivity contribution is 5.90. The van der Waals surface area contributed by atoms with Crippen molar-refractivity contribution in [3.63, 3.8) is 0 Å². The molecule has 0 spiro atoms. The Balaban J connectivity index is 1.26.